The van der Waals surface area contributed by atoms with Crippen molar-refractivity contribution in [3.05, 3.63) is 59.2 Å². The van der Waals surface area contributed by atoms with Crippen LogP contribution in [0.2, 0.25) is 0 Å². The van der Waals surface area contributed by atoms with E-state index in [-0.39, 0.29) is 12.5 Å². The number of hydrogen-bond acceptors (Lipinski definition) is 4. The summed E-state index contributed by atoms with van der Waals surface area (Å²) in [7, 11) is 0. The molecule has 1 amide bonds. The number of carbonyl (C=O) groups excluding carboxylic acids is 1. The molecule has 0 fully saturated rings. The second kappa shape index (κ2) is 5.72. The van der Waals surface area contributed by atoms with E-state index in [2.05, 4.69) is 20.7 Å². The lowest BCUT2D eigenvalue weighted by atomic mass is 10.1. The van der Waals surface area contributed by atoms with Crippen LogP contribution in [0.25, 0.3) is 11.0 Å². The van der Waals surface area contributed by atoms with Crippen LogP contribution >= 0.6 is 0 Å². The summed E-state index contributed by atoms with van der Waals surface area (Å²) in [6.07, 6.45) is 0. The fraction of sp³-hybridized carbons (Fsp3) is 0.133. The van der Waals surface area contributed by atoms with Gasteiger partial charge < -0.3 is 10.4 Å². The topological polar surface area (TPSA) is 90.9 Å². The van der Waals surface area contributed by atoms with Gasteiger partial charge in [0.05, 0.1) is 6.61 Å². The van der Waals surface area contributed by atoms with E-state index in [9.17, 15) is 4.79 Å². The van der Waals surface area contributed by atoms with Crippen molar-refractivity contribution in [1.82, 2.24) is 20.7 Å². The minimum absolute atomic E-state index is 0.00931. The van der Waals surface area contributed by atoms with Crippen LogP contribution in [-0.4, -0.2) is 26.4 Å². The van der Waals surface area contributed by atoms with Gasteiger partial charge in [0, 0.05) is 12.1 Å². The Morgan fingerprint density at radius 1 is 1.10 bits per heavy atom. The summed E-state index contributed by atoms with van der Waals surface area (Å²) in [6.45, 7) is 0.397. The molecular weight excluding hydrogens is 268 g/mol. The molecule has 0 atom stereocenters. The molecule has 3 aromatic rings. The maximum absolute atomic E-state index is 12.1. The van der Waals surface area contributed by atoms with E-state index in [0.29, 0.717) is 17.6 Å². The number of aliphatic hydroxyl groups excluding tert-OH is 1. The highest BCUT2D eigenvalue weighted by Crippen LogP contribution is 2.11. The average molecular weight is 282 g/mol. The van der Waals surface area contributed by atoms with Gasteiger partial charge in [-0.2, -0.15) is 15.4 Å². The molecule has 0 saturated carbocycles. The Hall–Kier alpha value is -2.73. The fourth-order valence-corrected chi connectivity index (χ4v) is 2.10. The van der Waals surface area contributed by atoms with Crippen LogP contribution in [0.1, 0.15) is 21.5 Å². The van der Waals surface area contributed by atoms with Gasteiger partial charge in [0.1, 0.15) is 11.0 Å². The molecule has 106 valence electrons. The molecule has 0 spiro atoms. The molecule has 0 saturated heterocycles. The lowest BCUT2D eigenvalue weighted by Crippen LogP contribution is -2.22. The van der Waals surface area contributed by atoms with Gasteiger partial charge in [-0.25, -0.2) is 0 Å². The van der Waals surface area contributed by atoms with Crippen LogP contribution in [0.15, 0.2) is 42.5 Å². The Kier molecular flexibility index (Phi) is 3.61. The van der Waals surface area contributed by atoms with Crippen molar-refractivity contribution < 1.29 is 9.90 Å². The van der Waals surface area contributed by atoms with E-state index in [1.54, 1.807) is 18.2 Å². The Balaban J connectivity index is 1.70. The van der Waals surface area contributed by atoms with Crippen LogP contribution in [0.4, 0.5) is 0 Å². The molecule has 6 heteroatoms. The van der Waals surface area contributed by atoms with Crippen molar-refractivity contribution in [2.75, 3.05) is 0 Å². The summed E-state index contributed by atoms with van der Waals surface area (Å²) >= 11 is 0. The molecule has 0 aliphatic carbocycles. The number of H-pyrrole nitrogens is 1. The monoisotopic (exact) mass is 282 g/mol. The van der Waals surface area contributed by atoms with Crippen molar-refractivity contribution >= 4 is 16.9 Å². The average Bonchev–Trinajstić information content (AvgIpc) is 3.00. The Morgan fingerprint density at radius 3 is 2.76 bits per heavy atom. The Bertz CT molecular complexity index is 782. The number of carbonyl (C=O) groups is 1. The largest absolute Gasteiger partial charge is 0.392 e. The molecule has 0 aliphatic rings. The molecule has 0 radical (unpaired) electrons. The number of amides is 1. The Labute approximate surface area is 120 Å². The standard InChI is InChI=1S/C15H14N4O2/c20-9-11-3-1-2-10(6-11)8-16-15(21)12-4-5-13-14(7-12)18-19-17-13/h1-7,20H,8-9H2,(H,16,21)(H,17,18,19). The second-order valence-electron chi connectivity index (χ2n) is 4.69. The van der Waals surface area contributed by atoms with Crippen molar-refractivity contribution in [2.45, 2.75) is 13.2 Å². The van der Waals surface area contributed by atoms with Crippen LogP contribution in [0.3, 0.4) is 0 Å². The van der Waals surface area contributed by atoms with Gasteiger partial charge in [0.2, 0.25) is 0 Å². The van der Waals surface area contributed by atoms with Gasteiger partial charge in [0.15, 0.2) is 0 Å². The molecule has 21 heavy (non-hydrogen) atoms. The SMILES string of the molecule is O=C(NCc1cccc(CO)c1)c1ccc2n[nH]nc2c1. The molecule has 3 rings (SSSR count). The van der Waals surface area contributed by atoms with E-state index in [1.807, 2.05) is 24.3 Å². The molecule has 0 bridgehead atoms. The van der Waals surface area contributed by atoms with Crippen molar-refractivity contribution in [3.63, 3.8) is 0 Å². The molecule has 0 unspecified atom stereocenters. The van der Waals surface area contributed by atoms with Crippen LogP contribution in [0, 0.1) is 0 Å². The number of hydrogen-bond donors (Lipinski definition) is 3. The number of fused-ring (bicyclic) bond motifs is 1. The van der Waals surface area contributed by atoms with Crippen molar-refractivity contribution in [1.29, 1.82) is 0 Å². The number of nitrogens with one attached hydrogen (secondary N) is 2. The zero-order chi connectivity index (χ0) is 14.7. The van der Waals surface area contributed by atoms with Crippen molar-refractivity contribution in [3.8, 4) is 0 Å². The maximum atomic E-state index is 12.1. The number of benzene rings is 2. The summed E-state index contributed by atoms with van der Waals surface area (Å²) in [6, 6.07) is 12.6. The predicted octanol–water partition coefficient (Wildman–Crippen LogP) is 1.38. The Morgan fingerprint density at radius 2 is 1.90 bits per heavy atom. The van der Waals surface area contributed by atoms with Gasteiger partial charge in [-0.1, -0.05) is 24.3 Å². The molecule has 2 aromatic carbocycles. The maximum Gasteiger partial charge on any atom is 0.251 e. The molecule has 1 aromatic heterocycles. The zero-order valence-corrected chi connectivity index (χ0v) is 11.2. The number of aromatic amines is 1. The van der Waals surface area contributed by atoms with Crippen molar-refractivity contribution in [2.24, 2.45) is 0 Å². The third kappa shape index (κ3) is 2.90. The van der Waals surface area contributed by atoms with E-state index in [0.717, 1.165) is 16.6 Å². The molecule has 1 heterocycles. The molecule has 3 N–H and O–H groups in total. The summed E-state index contributed by atoms with van der Waals surface area (Å²) in [5.74, 6) is -0.172. The summed E-state index contributed by atoms with van der Waals surface area (Å²) in [4.78, 5) is 12.1. The lowest BCUT2D eigenvalue weighted by Gasteiger charge is -2.06. The first-order valence-corrected chi connectivity index (χ1v) is 6.53. The first kappa shape index (κ1) is 13.3. The third-order valence-corrected chi connectivity index (χ3v) is 3.21. The van der Waals surface area contributed by atoms with Gasteiger partial charge >= 0.3 is 0 Å². The van der Waals surface area contributed by atoms with Crippen LogP contribution in [-0.2, 0) is 13.2 Å². The minimum Gasteiger partial charge on any atom is -0.392 e. The predicted molar refractivity (Wildman–Crippen MR) is 77.4 cm³/mol. The van der Waals surface area contributed by atoms with E-state index in [1.165, 1.54) is 0 Å². The number of aromatic nitrogens is 3. The third-order valence-electron chi connectivity index (χ3n) is 3.21. The highest BCUT2D eigenvalue weighted by atomic mass is 16.3. The number of nitrogens with zero attached hydrogens (tertiary/aromatic N) is 2. The molecule has 6 nitrogen and oxygen atoms in total. The first-order chi connectivity index (χ1) is 10.3. The van der Waals surface area contributed by atoms with Gasteiger partial charge in [-0.3, -0.25) is 4.79 Å². The normalized spacial score (nSPS) is 10.7. The lowest BCUT2D eigenvalue weighted by molar-refractivity contribution is 0.0951. The van der Waals surface area contributed by atoms with Crippen LogP contribution in [0.5, 0.6) is 0 Å². The molecule has 0 aliphatic heterocycles. The highest BCUT2D eigenvalue weighted by molar-refractivity contribution is 5.97. The van der Waals surface area contributed by atoms with Crippen LogP contribution < -0.4 is 5.32 Å². The zero-order valence-electron chi connectivity index (χ0n) is 11.2. The summed E-state index contributed by atoms with van der Waals surface area (Å²) < 4.78 is 0. The van der Waals surface area contributed by atoms with Gasteiger partial charge in [-0.05, 0) is 29.3 Å². The fourth-order valence-electron chi connectivity index (χ4n) is 2.10. The highest BCUT2D eigenvalue weighted by Gasteiger charge is 2.08. The molecular formula is C15H14N4O2. The number of aliphatic hydroxyl groups is 1. The van der Waals surface area contributed by atoms with E-state index < -0.39 is 0 Å². The number of rotatable bonds is 4. The second-order valence-corrected chi connectivity index (χ2v) is 4.69. The quantitative estimate of drug-likeness (QED) is 0.674. The smallest absolute Gasteiger partial charge is 0.251 e. The van der Waals surface area contributed by atoms with Gasteiger partial charge in [0.25, 0.3) is 5.91 Å². The van der Waals surface area contributed by atoms with E-state index >= 15 is 0 Å². The summed E-state index contributed by atoms with van der Waals surface area (Å²) in [5, 5.41) is 22.4. The summed E-state index contributed by atoms with van der Waals surface area (Å²) in [5.41, 5.74) is 3.69. The van der Waals surface area contributed by atoms with Gasteiger partial charge in [-0.15, -0.1) is 0 Å². The first-order valence-electron chi connectivity index (χ1n) is 6.53. The van der Waals surface area contributed by atoms with E-state index in [4.69, 9.17) is 5.11 Å². The minimum atomic E-state index is -0.172.